The lowest BCUT2D eigenvalue weighted by Crippen LogP contribution is -2.13. The summed E-state index contributed by atoms with van der Waals surface area (Å²) >= 11 is 0. The van der Waals surface area contributed by atoms with E-state index in [-0.39, 0.29) is 6.04 Å². The smallest absolute Gasteiger partial charge is 0.124 e. The van der Waals surface area contributed by atoms with E-state index in [4.69, 9.17) is 15.2 Å². The van der Waals surface area contributed by atoms with E-state index in [9.17, 15) is 0 Å². The Morgan fingerprint density at radius 1 is 1.12 bits per heavy atom. The summed E-state index contributed by atoms with van der Waals surface area (Å²) in [5.41, 5.74) is 7.11. The molecule has 0 aliphatic carbocycles. The molecule has 0 fully saturated rings. The first kappa shape index (κ1) is 14.0. The molecule has 2 N–H and O–H groups in total. The molecule has 0 amide bonds. The topological polar surface area (TPSA) is 44.5 Å². The molecule has 0 heterocycles. The summed E-state index contributed by atoms with van der Waals surface area (Å²) in [5.74, 6) is 0.877. The Kier molecular flexibility index (Phi) is 6.67. The summed E-state index contributed by atoms with van der Waals surface area (Å²) in [6.07, 6.45) is 1.95. The number of para-hydroxylation sites is 1. The summed E-state index contributed by atoms with van der Waals surface area (Å²) in [6.45, 7) is 6.17. The Morgan fingerprint density at radius 2 is 1.88 bits per heavy atom. The Bertz CT molecular complexity index is 315. The number of nitrogens with two attached hydrogens (primary N) is 1. The van der Waals surface area contributed by atoms with Crippen LogP contribution in [0.15, 0.2) is 24.3 Å². The van der Waals surface area contributed by atoms with Crippen LogP contribution in [0.4, 0.5) is 0 Å². The average molecular weight is 237 g/mol. The highest BCUT2D eigenvalue weighted by molar-refractivity contribution is 5.35. The second kappa shape index (κ2) is 8.09. The van der Waals surface area contributed by atoms with Crippen molar-refractivity contribution in [3.05, 3.63) is 29.8 Å². The molecule has 1 atom stereocenters. The number of rotatable bonds is 8. The number of hydrogen-bond acceptors (Lipinski definition) is 3. The molecule has 1 rings (SSSR count). The van der Waals surface area contributed by atoms with Crippen LogP contribution in [0, 0.1) is 0 Å². The van der Waals surface area contributed by atoms with Crippen LogP contribution < -0.4 is 10.5 Å². The van der Waals surface area contributed by atoms with Crippen LogP contribution >= 0.6 is 0 Å². The zero-order valence-electron chi connectivity index (χ0n) is 10.8. The van der Waals surface area contributed by atoms with E-state index in [0.29, 0.717) is 13.2 Å². The lowest BCUT2D eigenvalue weighted by atomic mass is 10.0. The molecular formula is C14H23NO2. The second-order valence-electron chi connectivity index (χ2n) is 4.01. The van der Waals surface area contributed by atoms with Crippen molar-refractivity contribution in [2.45, 2.75) is 32.7 Å². The molecule has 0 saturated heterocycles. The standard InChI is InChI=1S/C14H23NO2/c1-3-9-16-10-11-17-14-8-6-5-7-12(14)13(15)4-2/h5-8,13H,3-4,9-11,15H2,1-2H3/t13-/m0/s1. The number of hydrogen-bond donors (Lipinski definition) is 1. The Labute approximate surface area is 104 Å². The molecule has 0 bridgehead atoms. The maximum Gasteiger partial charge on any atom is 0.124 e. The van der Waals surface area contributed by atoms with Crippen molar-refractivity contribution in [1.29, 1.82) is 0 Å². The maximum atomic E-state index is 6.04. The molecule has 1 aromatic rings. The molecule has 0 unspecified atom stereocenters. The molecule has 1 aromatic carbocycles. The molecule has 96 valence electrons. The van der Waals surface area contributed by atoms with Crippen molar-refractivity contribution >= 4 is 0 Å². The molecule has 0 radical (unpaired) electrons. The van der Waals surface area contributed by atoms with Crippen molar-refractivity contribution < 1.29 is 9.47 Å². The molecule has 0 spiro atoms. The van der Waals surface area contributed by atoms with Gasteiger partial charge in [-0.1, -0.05) is 32.0 Å². The van der Waals surface area contributed by atoms with Gasteiger partial charge in [-0.2, -0.15) is 0 Å². The molecule has 0 aliphatic heterocycles. The van der Waals surface area contributed by atoms with Gasteiger partial charge in [0.2, 0.25) is 0 Å². The number of ether oxygens (including phenoxy) is 2. The largest absolute Gasteiger partial charge is 0.491 e. The van der Waals surface area contributed by atoms with Gasteiger partial charge in [0.25, 0.3) is 0 Å². The zero-order valence-corrected chi connectivity index (χ0v) is 10.8. The van der Waals surface area contributed by atoms with E-state index >= 15 is 0 Å². The third-order valence-corrected chi connectivity index (χ3v) is 2.59. The summed E-state index contributed by atoms with van der Waals surface area (Å²) in [4.78, 5) is 0. The monoisotopic (exact) mass is 237 g/mol. The van der Waals surface area contributed by atoms with Gasteiger partial charge in [0, 0.05) is 18.2 Å². The van der Waals surface area contributed by atoms with Crippen molar-refractivity contribution in [2.75, 3.05) is 19.8 Å². The van der Waals surface area contributed by atoms with Gasteiger partial charge in [-0.25, -0.2) is 0 Å². The first-order valence-electron chi connectivity index (χ1n) is 6.34. The summed E-state index contributed by atoms with van der Waals surface area (Å²) in [6, 6.07) is 7.99. The first-order chi connectivity index (χ1) is 8.29. The van der Waals surface area contributed by atoms with Crippen LogP contribution in [0.3, 0.4) is 0 Å². The van der Waals surface area contributed by atoms with Gasteiger partial charge in [0.15, 0.2) is 0 Å². The highest BCUT2D eigenvalue weighted by atomic mass is 16.5. The van der Waals surface area contributed by atoms with Gasteiger partial charge in [0.05, 0.1) is 6.61 Å². The van der Waals surface area contributed by atoms with E-state index in [1.165, 1.54) is 0 Å². The summed E-state index contributed by atoms with van der Waals surface area (Å²) < 4.78 is 11.1. The fourth-order valence-electron chi connectivity index (χ4n) is 1.60. The van der Waals surface area contributed by atoms with Gasteiger partial charge in [-0.15, -0.1) is 0 Å². The predicted octanol–water partition coefficient (Wildman–Crippen LogP) is 2.90. The predicted molar refractivity (Wildman–Crippen MR) is 70.3 cm³/mol. The van der Waals surface area contributed by atoms with Crippen LogP contribution in [0.5, 0.6) is 5.75 Å². The van der Waals surface area contributed by atoms with E-state index in [1.807, 2.05) is 24.3 Å². The summed E-state index contributed by atoms with van der Waals surface area (Å²) in [5, 5.41) is 0. The number of benzene rings is 1. The fraction of sp³-hybridized carbons (Fsp3) is 0.571. The average Bonchev–Trinajstić information content (AvgIpc) is 2.38. The molecule has 0 aromatic heterocycles. The maximum absolute atomic E-state index is 6.04. The van der Waals surface area contributed by atoms with Crippen molar-refractivity contribution in [3.8, 4) is 5.75 Å². The minimum absolute atomic E-state index is 0.0442. The lowest BCUT2D eigenvalue weighted by molar-refractivity contribution is 0.100. The van der Waals surface area contributed by atoms with E-state index in [2.05, 4.69) is 13.8 Å². The van der Waals surface area contributed by atoms with Crippen molar-refractivity contribution in [1.82, 2.24) is 0 Å². The third-order valence-electron chi connectivity index (χ3n) is 2.59. The Morgan fingerprint density at radius 3 is 2.59 bits per heavy atom. The van der Waals surface area contributed by atoms with Crippen LogP contribution in [0.2, 0.25) is 0 Å². The quantitative estimate of drug-likeness (QED) is 0.707. The van der Waals surface area contributed by atoms with Crippen molar-refractivity contribution in [3.63, 3.8) is 0 Å². The van der Waals surface area contributed by atoms with Crippen LogP contribution in [-0.4, -0.2) is 19.8 Å². The van der Waals surface area contributed by atoms with Crippen LogP contribution in [-0.2, 0) is 4.74 Å². The van der Waals surface area contributed by atoms with Crippen molar-refractivity contribution in [2.24, 2.45) is 5.73 Å². The lowest BCUT2D eigenvalue weighted by Gasteiger charge is -2.15. The minimum atomic E-state index is 0.0442. The first-order valence-corrected chi connectivity index (χ1v) is 6.34. The Hall–Kier alpha value is -1.06. The van der Waals surface area contributed by atoms with Crippen LogP contribution in [0.25, 0.3) is 0 Å². The third kappa shape index (κ3) is 4.75. The molecule has 3 heteroatoms. The fourth-order valence-corrected chi connectivity index (χ4v) is 1.60. The zero-order chi connectivity index (χ0) is 12.5. The van der Waals surface area contributed by atoms with Gasteiger partial charge >= 0.3 is 0 Å². The molecule has 0 aliphatic rings. The van der Waals surface area contributed by atoms with Gasteiger partial charge < -0.3 is 15.2 Å². The van der Waals surface area contributed by atoms with E-state index in [0.717, 1.165) is 30.8 Å². The molecular weight excluding hydrogens is 214 g/mol. The highest BCUT2D eigenvalue weighted by Gasteiger charge is 2.09. The van der Waals surface area contributed by atoms with E-state index < -0.39 is 0 Å². The highest BCUT2D eigenvalue weighted by Crippen LogP contribution is 2.25. The SMILES string of the molecule is CCCOCCOc1ccccc1[C@@H](N)CC. The van der Waals surface area contributed by atoms with E-state index in [1.54, 1.807) is 0 Å². The Balaban J connectivity index is 2.46. The second-order valence-corrected chi connectivity index (χ2v) is 4.01. The molecule has 17 heavy (non-hydrogen) atoms. The summed E-state index contributed by atoms with van der Waals surface area (Å²) in [7, 11) is 0. The molecule has 3 nitrogen and oxygen atoms in total. The van der Waals surface area contributed by atoms with Gasteiger partial charge in [0.1, 0.15) is 12.4 Å². The van der Waals surface area contributed by atoms with Gasteiger partial charge in [-0.05, 0) is 18.9 Å². The normalized spacial score (nSPS) is 12.4. The minimum Gasteiger partial charge on any atom is -0.491 e. The molecule has 0 saturated carbocycles. The van der Waals surface area contributed by atoms with Gasteiger partial charge in [-0.3, -0.25) is 0 Å². The van der Waals surface area contributed by atoms with Crippen LogP contribution in [0.1, 0.15) is 38.3 Å².